The number of carbonyl (C=O) groups excluding carboxylic acids is 2. The van der Waals surface area contributed by atoms with Gasteiger partial charge in [-0.3, -0.25) is 9.69 Å². The number of hydrogen-bond donors (Lipinski definition) is 1. The lowest BCUT2D eigenvalue weighted by Gasteiger charge is -2.22. The van der Waals surface area contributed by atoms with Crippen molar-refractivity contribution in [2.75, 3.05) is 13.7 Å². The number of nitrogens with one attached hydrogen (secondary N) is 1. The predicted molar refractivity (Wildman–Crippen MR) is 75.4 cm³/mol. The van der Waals surface area contributed by atoms with Crippen LogP contribution in [-0.4, -0.2) is 36.6 Å². The van der Waals surface area contributed by atoms with Crippen LogP contribution in [0.3, 0.4) is 0 Å². The van der Waals surface area contributed by atoms with Gasteiger partial charge in [0.1, 0.15) is 6.04 Å². The third-order valence-corrected chi connectivity index (χ3v) is 3.60. The minimum atomic E-state index is -0.450. The van der Waals surface area contributed by atoms with E-state index in [4.69, 9.17) is 11.6 Å². The molecular weight excluding hydrogens is 280 g/mol. The molecule has 1 unspecified atom stereocenters. The number of halogens is 1. The van der Waals surface area contributed by atoms with E-state index in [9.17, 15) is 9.59 Å². The SMILES string of the molecule is COC(=O)N1CCCC1C(=O)NCc1ccc(Cl)cc1. The molecule has 0 spiro atoms. The Hall–Kier alpha value is -1.75. The fourth-order valence-electron chi connectivity index (χ4n) is 2.28. The Bertz CT molecular complexity index is 490. The van der Waals surface area contributed by atoms with Crippen molar-refractivity contribution in [3.8, 4) is 0 Å². The first kappa shape index (κ1) is 14.7. The molecule has 1 aromatic rings. The van der Waals surface area contributed by atoms with E-state index in [1.165, 1.54) is 12.0 Å². The topological polar surface area (TPSA) is 58.6 Å². The molecule has 108 valence electrons. The first-order chi connectivity index (χ1) is 9.61. The summed E-state index contributed by atoms with van der Waals surface area (Å²) >= 11 is 5.80. The van der Waals surface area contributed by atoms with E-state index < -0.39 is 12.1 Å². The smallest absolute Gasteiger partial charge is 0.410 e. The highest BCUT2D eigenvalue weighted by molar-refractivity contribution is 6.30. The summed E-state index contributed by atoms with van der Waals surface area (Å²) in [7, 11) is 1.32. The molecule has 20 heavy (non-hydrogen) atoms. The summed E-state index contributed by atoms with van der Waals surface area (Å²) in [5.74, 6) is -0.150. The van der Waals surface area contributed by atoms with Crippen molar-refractivity contribution in [2.24, 2.45) is 0 Å². The van der Waals surface area contributed by atoms with Crippen LogP contribution < -0.4 is 5.32 Å². The summed E-state index contributed by atoms with van der Waals surface area (Å²) in [5, 5.41) is 3.50. The molecule has 1 aliphatic rings. The molecule has 1 fully saturated rings. The normalized spacial score (nSPS) is 17.9. The number of hydrogen-bond acceptors (Lipinski definition) is 3. The number of ether oxygens (including phenoxy) is 1. The summed E-state index contributed by atoms with van der Waals surface area (Å²) in [4.78, 5) is 25.1. The van der Waals surface area contributed by atoms with E-state index in [1.807, 2.05) is 12.1 Å². The van der Waals surface area contributed by atoms with E-state index in [0.717, 1.165) is 12.0 Å². The van der Waals surface area contributed by atoms with E-state index >= 15 is 0 Å². The van der Waals surface area contributed by atoms with Crippen LogP contribution in [0.4, 0.5) is 4.79 Å². The van der Waals surface area contributed by atoms with Gasteiger partial charge in [0, 0.05) is 18.1 Å². The lowest BCUT2D eigenvalue weighted by atomic mass is 10.2. The zero-order chi connectivity index (χ0) is 14.5. The van der Waals surface area contributed by atoms with Crippen LogP contribution in [-0.2, 0) is 16.1 Å². The van der Waals surface area contributed by atoms with Crippen LogP contribution >= 0.6 is 11.6 Å². The van der Waals surface area contributed by atoms with E-state index in [-0.39, 0.29) is 5.91 Å². The molecule has 6 heteroatoms. The highest BCUT2D eigenvalue weighted by Crippen LogP contribution is 2.18. The van der Waals surface area contributed by atoms with E-state index in [0.29, 0.717) is 24.5 Å². The summed E-state index contributed by atoms with van der Waals surface area (Å²) in [6, 6.07) is 6.83. The van der Waals surface area contributed by atoms with Gasteiger partial charge in [-0.1, -0.05) is 23.7 Å². The molecule has 0 saturated carbocycles. The molecule has 2 amide bonds. The van der Waals surface area contributed by atoms with Gasteiger partial charge in [-0.2, -0.15) is 0 Å². The number of amides is 2. The second-order valence-corrected chi connectivity index (χ2v) is 5.10. The van der Waals surface area contributed by atoms with E-state index in [2.05, 4.69) is 10.1 Å². The summed E-state index contributed by atoms with van der Waals surface area (Å²) in [6.45, 7) is 0.979. The van der Waals surface area contributed by atoms with E-state index in [1.54, 1.807) is 12.1 Å². The van der Waals surface area contributed by atoms with Gasteiger partial charge < -0.3 is 10.1 Å². The Morgan fingerprint density at radius 1 is 1.40 bits per heavy atom. The monoisotopic (exact) mass is 296 g/mol. The summed E-state index contributed by atoms with van der Waals surface area (Å²) in [5.41, 5.74) is 0.963. The zero-order valence-electron chi connectivity index (χ0n) is 11.3. The van der Waals surface area contributed by atoms with Crippen molar-refractivity contribution >= 4 is 23.6 Å². The Labute approximate surface area is 122 Å². The number of methoxy groups -OCH3 is 1. The van der Waals surface area contributed by atoms with Crippen molar-refractivity contribution in [1.82, 2.24) is 10.2 Å². The molecule has 0 bridgehead atoms. The Morgan fingerprint density at radius 3 is 2.75 bits per heavy atom. The Kier molecular flexibility index (Phi) is 4.84. The molecule has 5 nitrogen and oxygen atoms in total. The number of carbonyl (C=O) groups is 2. The van der Waals surface area contributed by atoms with Crippen LogP contribution in [0, 0.1) is 0 Å². The van der Waals surface area contributed by atoms with Crippen LogP contribution in [0.5, 0.6) is 0 Å². The largest absolute Gasteiger partial charge is 0.453 e. The molecule has 0 aliphatic carbocycles. The van der Waals surface area contributed by atoms with Crippen molar-refractivity contribution in [1.29, 1.82) is 0 Å². The molecule has 1 heterocycles. The quantitative estimate of drug-likeness (QED) is 0.930. The standard InChI is InChI=1S/C14H17ClN2O3/c1-20-14(19)17-8-2-3-12(17)13(18)16-9-10-4-6-11(15)7-5-10/h4-7,12H,2-3,8-9H2,1H3,(H,16,18). The van der Waals surface area contributed by atoms with Gasteiger partial charge in [0.15, 0.2) is 0 Å². The van der Waals surface area contributed by atoms with Gasteiger partial charge in [-0.15, -0.1) is 0 Å². The maximum Gasteiger partial charge on any atom is 0.410 e. The molecule has 1 N–H and O–H groups in total. The average molecular weight is 297 g/mol. The molecule has 1 aliphatic heterocycles. The van der Waals surface area contributed by atoms with Gasteiger partial charge in [0.2, 0.25) is 5.91 Å². The minimum absolute atomic E-state index is 0.150. The first-order valence-corrected chi connectivity index (χ1v) is 6.86. The lowest BCUT2D eigenvalue weighted by molar-refractivity contribution is -0.125. The van der Waals surface area contributed by atoms with Crippen molar-refractivity contribution < 1.29 is 14.3 Å². The fraction of sp³-hybridized carbons (Fsp3) is 0.429. The maximum atomic E-state index is 12.1. The van der Waals surface area contributed by atoms with Crippen LogP contribution in [0.1, 0.15) is 18.4 Å². The first-order valence-electron chi connectivity index (χ1n) is 6.48. The van der Waals surface area contributed by atoms with Crippen molar-refractivity contribution in [2.45, 2.75) is 25.4 Å². The number of benzene rings is 1. The van der Waals surface area contributed by atoms with Gasteiger partial charge >= 0.3 is 6.09 Å². The molecular formula is C14H17ClN2O3. The second kappa shape index (κ2) is 6.61. The van der Waals surface area contributed by atoms with Crippen LogP contribution in [0.25, 0.3) is 0 Å². The average Bonchev–Trinajstić information content (AvgIpc) is 2.95. The Balaban J connectivity index is 1.91. The highest BCUT2D eigenvalue weighted by Gasteiger charge is 2.34. The van der Waals surface area contributed by atoms with Crippen molar-refractivity contribution in [3.63, 3.8) is 0 Å². The highest BCUT2D eigenvalue weighted by atomic mass is 35.5. The molecule has 2 rings (SSSR count). The molecule has 1 aromatic carbocycles. The second-order valence-electron chi connectivity index (χ2n) is 4.67. The Morgan fingerprint density at radius 2 is 2.10 bits per heavy atom. The molecule has 1 saturated heterocycles. The zero-order valence-corrected chi connectivity index (χ0v) is 12.0. The number of rotatable bonds is 3. The fourth-order valence-corrected chi connectivity index (χ4v) is 2.41. The number of likely N-dealkylation sites (tertiary alicyclic amines) is 1. The van der Waals surface area contributed by atoms with Gasteiger partial charge in [-0.25, -0.2) is 4.79 Å². The number of nitrogens with zero attached hydrogens (tertiary/aromatic N) is 1. The predicted octanol–water partition coefficient (Wildman–Crippen LogP) is 2.19. The van der Waals surface area contributed by atoms with Gasteiger partial charge in [-0.05, 0) is 30.5 Å². The third kappa shape index (κ3) is 3.42. The summed E-state index contributed by atoms with van der Waals surface area (Å²) < 4.78 is 4.68. The summed E-state index contributed by atoms with van der Waals surface area (Å²) in [6.07, 6.45) is 1.03. The minimum Gasteiger partial charge on any atom is -0.453 e. The lowest BCUT2D eigenvalue weighted by Crippen LogP contribution is -2.45. The third-order valence-electron chi connectivity index (χ3n) is 3.34. The van der Waals surface area contributed by atoms with Crippen LogP contribution in [0.2, 0.25) is 5.02 Å². The van der Waals surface area contributed by atoms with Crippen LogP contribution in [0.15, 0.2) is 24.3 Å². The maximum absolute atomic E-state index is 12.1. The molecule has 0 aromatic heterocycles. The van der Waals surface area contributed by atoms with Gasteiger partial charge in [0.25, 0.3) is 0 Å². The molecule has 1 atom stereocenters. The van der Waals surface area contributed by atoms with Crippen molar-refractivity contribution in [3.05, 3.63) is 34.9 Å². The van der Waals surface area contributed by atoms with Gasteiger partial charge in [0.05, 0.1) is 7.11 Å². The molecule has 0 radical (unpaired) electrons.